The zero-order valence-electron chi connectivity index (χ0n) is 17.4. The summed E-state index contributed by atoms with van der Waals surface area (Å²) in [5.74, 6) is -0.224. The number of nitrogens with one attached hydrogen (secondary N) is 1. The van der Waals surface area contributed by atoms with E-state index in [9.17, 15) is 9.59 Å². The molecule has 7 heteroatoms. The van der Waals surface area contributed by atoms with Gasteiger partial charge in [0.1, 0.15) is 16.3 Å². The molecule has 1 amide bonds. The van der Waals surface area contributed by atoms with Gasteiger partial charge in [0.25, 0.3) is 5.91 Å². The number of aryl methyl sites for hydroxylation is 1. The summed E-state index contributed by atoms with van der Waals surface area (Å²) >= 11 is 7.24. The summed E-state index contributed by atoms with van der Waals surface area (Å²) in [6, 6.07) is 14.8. The number of amides is 1. The third kappa shape index (κ3) is 6.09. The molecule has 0 bridgehead atoms. The van der Waals surface area contributed by atoms with Crippen LogP contribution in [-0.2, 0) is 16.0 Å². The lowest BCUT2D eigenvalue weighted by molar-refractivity contribution is -0.118. The summed E-state index contributed by atoms with van der Waals surface area (Å²) in [5.41, 5.74) is 3.05. The van der Waals surface area contributed by atoms with E-state index in [1.54, 1.807) is 19.1 Å². The number of thiophene rings is 1. The number of carbonyl (C=O) groups is 2. The molecular formula is C24H24ClNO4S. The monoisotopic (exact) mass is 457 g/mol. The summed E-state index contributed by atoms with van der Waals surface area (Å²) in [4.78, 5) is 25.1. The van der Waals surface area contributed by atoms with Crippen molar-refractivity contribution in [3.8, 4) is 16.9 Å². The second-order valence-electron chi connectivity index (χ2n) is 6.81. The van der Waals surface area contributed by atoms with Crippen LogP contribution in [0.15, 0.2) is 53.9 Å². The molecule has 0 saturated heterocycles. The molecule has 0 aliphatic carbocycles. The first-order valence-corrected chi connectivity index (χ1v) is 11.3. The van der Waals surface area contributed by atoms with Crippen LogP contribution in [0.5, 0.6) is 5.75 Å². The number of halogens is 1. The Hall–Kier alpha value is -2.83. The zero-order chi connectivity index (χ0) is 22.2. The van der Waals surface area contributed by atoms with E-state index in [4.69, 9.17) is 21.1 Å². The van der Waals surface area contributed by atoms with Crippen LogP contribution in [0.2, 0.25) is 5.02 Å². The predicted octanol–water partition coefficient (Wildman–Crippen LogP) is 6.22. The Bertz CT molecular complexity index is 1030. The molecule has 3 rings (SSSR count). The minimum atomic E-state index is -0.489. The van der Waals surface area contributed by atoms with Gasteiger partial charge in [-0.05, 0) is 48.7 Å². The van der Waals surface area contributed by atoms with Crippen molar-refractivity contribution in [2.45, 2.75) is 26.7 Å². The molecule has 2 aromatic carbocycles. The zero-order valence-corrected chi connectivity index (χ0v) is 19.0. The van der Waals surface area contributed by atoms with E-state index in [1.807, 2.05) is 41.8 Å². The van der Waals surface area contributed by atoms with Crippen LogP contribution < -0.4 is 10.1 Å². The van der Waals surface area contributed by atoms with E-state index in [0.717, 1.165) is 18.4 Å². The van der Waals surface area contributed by atoms with Crippen LogP contribution in [0.1, 0.15) is 36.2 Å². The lowest BCUT2D eigenvalue weighted by Crippen LogP contribution is -2.21. The van der Waals surface area contributed by atoms with Gasteiger partial charge in [0.05, 0.1) is 6.61 Å². The third-order valence-corrected chi connectivity index (χ3v) is 5.66. The molecule has 31 heavy (non-hydrogen) atoms. The van der Waals surface area contributed by atoms with E-state index in [0.29, 0.717) is 26.9 Å². The second-order valence-corrected chi connectivity index (χ2v) is 8.13. The number of carbonyl (C=O) groups excluding carboxylic acids is 2. The highest BCUT2D eigenvalue weighted by atomic mass is 35.5. The number of esters is 1. The van der Waals surface area contributed by atoms with Gasteiger partial charge in [-0.2, -0.15) is 0 Å². The van der Waals surface area contributed by atoms with E-state index in [-0.39, 0.29) is 19.1 Å². The Kier molecular flexibility index (Phi) is 8.09. The average Bonchev–Trinajstić information content (AvgIpc) is 3.17. The average molecular weight is 458 g/mol. The SMILES string of the molecule is CCCc1ccc(OCC(=O)Nc2scc(-c3ccc(Cl)cc3)c2C(=O)OCC)cc1. The molecule has 1 N–H and O–H groups in total. The molecule has 1 aromatic heterocycles. The van der Waals surface area contributed by atoms with E-state index in [2.05, 4.69) is 12.2 Å². The Morgan fingerprint density at radius 1 is 1.03 bits per heavy atom. The minimum absolute atomic E-state index is 0.163. The molecule has 3 aromatic rings. The molecule has 162 valence electrons. The summed E-state index contributed by atoms with van der Waals surface area (Å²) in [5, 5.41) is 5.63. The summed E-state index contributed by atoms with van der Waals surface area (Å²) in [6.45, 7) is 3.94. The quantitative estimate of drug-likeness (QED) is 0.387. The van der Waals surface area contributed by atoms with Crippen LogP contribution in [0, 0.1) is 0 Å². The first-order chi connectivity index (χ1) is 15.0. The van der Waals surface area contributed by atoms with Crippen LogP contribution >= 0.6 is 22.9 Å². The molecule has 0 atom stereocenters. The molecular weight excluding hydrogens is 434 g/mol. The van der Waals surface area contributed by atoms with Crippen molar-refractivity contribution in [3.63, 3.8) is 0 Å². The Morgan fingerprint density at radius 2 is 1.74 bits per heavy atom. The first-order valence-electron chi connectivity index (χ1n) is 10.1. The molecule has 0 saturated carbocycles. The second kappa shape index (κ2) is 11.0. The standard InChI is InChI=1S/C24H24ClNO4S/c1-3-5-16-6-12-19(13-7-16)30-14-21(27)26-23-22(24(28)29-4-2)20(15-31-23)17-8-10-18(25)11-9-17/h6-13,15H,3-5,14H2,1-2H3,(H,26,27). The molecule has 0 spiro atoms. The fraction of sp³-hybridized carbons (Fsp3) is 0.250. The van der Waals surface area contributed by atoms with Gasteiger partial charge in [-0.25, -0.2) is 4.79 Å². The maximum atomic E-state index is 12.6. The lowest BCUT2D eigenvalue weighted by atomic mass is 10.0. The fourth-order valence-corrected chi connectivity index (χ4v) is 4.15. The molecule has 1 heterocycles. The maximum Gasteiger partial charge on any atom is 0.341 e. The van der Waals surface area contributed by atoms with Crippen molar-refractivity contribution in [2.24, 2.45) is 0 Å². The molecule has 0 aliphatic heterocycles. The van der Waals surface area contributed by atoms with Crippen molar-refractivity contribution in [2.75, 3.05) is 18.5 Å². The van der Waals surface area contributed by atoms with Gasteiger partial charge in [-0.1, -0.05) is 49.2 Å². The number of benzene rings is 2. The summed E-state index contributed by atoms with van der Waals surface area (Å²) in [6.07, 6.45) is 2.08. The number of hydrogen-bond acceptors (Lipinski definition) is 5. The van der Waals surface area contributed by atoms with Gasteiger partial charge >= 0.3 is 5.97 Å². The maximum absolute atomic E-state index is 12.6. The first kappa shape index (κ1) is 22.8. The summed E-state index contributed by atoms with van der Waals surface area (Å²) < 4.78 is 10.8. The van der Waals surface area contributed by atoms with Gasteiger partial charge in [-0.15, -0.1) is 11.3 Å². The molecule has 0 radical (unpaired) electrons. The normalized spacial score (nSPS) is 10.5. The molecule has 0 unspecified atom stereocenters. The van der Waals surface area contributed by atoms with Crippen molar-refractivity contribution in [3.05, 3.63) is 70.1 Å². The highest BCUT2D eigenvalue weighted by Crippen LogP contribution is 2.36. The van der Waals surface area contributed by atoms with Crippen molar-refractivity contribution in [1.29, 1.82) is 0 Å². The molecule has 5 nitrogen and oxygen atoms in total. The van der Waals surface area contributed by atoms with Gasteiger partial charge in [-0.3, -0.25) is 4.79 Å². The van der Waals surface area contributed by atoms with E-state index < -0.39 is 5.97 Å². The topological polar surface area (TPSA) is 64.6 Å². The number of anilines is 1. The Labute approximate surface area is 191 Å². The number of hydrogen-bond donors (Lipinski definition) is 1. The van der Waals surface area contributed by atoms with Gasteiger partial charge in [0, 0.05) is 16.0 Å². The van der Waals surface area contributed by atoms with E-state index in [1.165, 1.54) is 16.9 Å². The smallest absolute Gasteiger partial charge is 0.341 e. The Morgan fingerprint density at radius 3 is 2.39 bits per heavy atom. The van der Waals surface area contributed by atoms with Gasteiger partial charge in [0.2, 0.25) is 0 Å². The van der Waals surface area contributed by atoms with Crippen molar-refractivity contribution < 1.29 is 19.1 Å². The van der Waals surface area contributed by atoms with Crippen LogP contribution in [0.3, 0.4) is 0 Å². The third-order valence-electron chi connectivity index (χ3n) is 4.51. The van der Waals surface area contributed by atoms with Crippen molar-refractivity contribution >= 4 is 39.8 Å². The largest absolute Gasteiger partial charge is 0.484 e. The van der Waals surface area contributed by atoms with Crippen LogP contribution in [-0.4, -0.2) is 25.1 Å². The van der Waals surface area contributed by atoms with Crippen molar-refractivity contribution in [1.82, 2.24) is 0 Å². The van der Waals surface area contributed by atoms with Crippen LogP contribution in [0.25, 0.3) is 11.1 Å². The van der Waals surface area contributed by atoms with Gasteiger partial charge in [0.15, 0.2) is 6.61 Å². The Balaban J connectivity index is 1.73. The minimum Gasteiger partial charge on any atom is -0.484 e. The highest BCUT2D eigenvalue weighted by molar-refractivity contribution is 7.15. The summed E-state index contributed by atoms with van der Waals surface area (Å²) in [7, 11) is 0. The van der Waals surface area contributed by atoms with E-state index >= 15 is 0 Å². The predicted molar refractivity (Wildman–Crippen MR) is 125 cm³/mol. The lowest BCUT2D eigenvalue weighted by Gasteiger charge is -2.10. The highest BCUT2D eigenvalue weighted by Gasteiger charge is 2.23. The van der Waals surface area contributed by atoms with Crippen LogP contribution in [0.4, 0.5) is 5.00 Å². The molecule has 0 aliphatic rings. The fourth-order valence-electron chi connectivity index (χ4n) is 3.05. The number of rotatable bonds is 9. The molecule has 0 fully saturated rings. The van der Waals surface area contributed by atoms with Gasteiger partial charge < -0.3 is 14.8 Å². The number of ether oxygens (including phenoxy) is 2.